The molecule has 2 heterocycles. The average Bonchev–Trinajstić information content (AvgIpc) is 3.25. The van der Waals surface area contributed by atoms with Gasteiger partial charge < -0.3 is 18.9 Å². The quantitative estimate of drug-likeness (QED) is 0.712. The van der Waals surface area contributed by atoms with Gasteiger partial charge in [0.15, 0.2) is 23.1 Å². The van der Waals surface area contributed by atoms with Crippen LogP contribution in [0.3, 0.4) is 0 Å². The minimum Gasteiger partial charge on any atom is -0.497 e. The highest BCUT2D eigenvalue weighted by atomic mass is 16.7. The van der Waals surface area contributed by atoms with Crippen molar-refractivity contribution < 1.29 is 18.9 Å². The molecule has 4 rings (SSSR count). The number of ether oxygens (including phenoxy) is 4. The summed E-state index contributed by atoms with van der Waals surface area (Å²) in [6.45, 7) is 0.517. The highest BCUT2D eigenvalue weighted by molar-refractivity contribution is 5.61. The van der Waals surface area contributed by atoms with Crippen molar-refractivity contribution in [3.63, 3.8) is 0 Å². The van der Waals surface area contributed by atoms with Crippen LogP contribution in [0.2, 0.25) is 0 Å². The van der Waals surface area contributed by atoms with Gasteiger partial charge in [-0.1, -0.05) is 6.07 Å². The van der Waals surface area contributed by atoms with Gasteiger partial charge >= 0.3 is 0 Å². The first-order valence-corrected chi connectivity index (χ1v) is 7.80. The third-order valence-electron chi connectivity index (χ3n) is 3.85. The molecule has 0 atom stereocenters. The van der Waals surface area contributed by atoms with Crippen LogP contribution in [0.25, 0.3) is 11.4 Å². The number of hydrogen-bond donors (Lipinski definition) is 0. The Labute approximate surface area is 144 Å². The molecule has 0 unspecified atom stereocenters. The van der Waals surface area contributed by atoms with Gasteiger partial charge in [-0.25, -0.2) is 9.67 Å². The number of hydrogen-bond acceptors (Lipinski definition) is 6. The summed E-state index contributed by atoms with van der Waals surface area (Å²) in [5.41, 5.74) is 0.909. The molecule has 0 amide bonds. The number of aromatic nitrogens is 3. The van der Waals surface area contributed by atoms with E-state index in [1.807, 2.05) is 49.5 Å². The SMILES string of the molecule is COc1cccc(OCc2nc(-c3ccc4c(c3)OCO4)n(C)n2)c1. The molecule has 0 radical (unpaired) electrons. The van der Waals surface area contributed by atoms with Crippen LogP contribution in [0.4, 0.5) is 0 Å². The third-order valence-corrected chi connectivity index (χ3v) is 3.85. The topological polar surface area (TPSA) is 67.6 Å². The summed E-state index contributed by atoms with van der Waals surface area (Å²) in [5.74, 6) is 4.24. The highest BCUT2D eigenvalue weighted by Crippen LogP contribution is 2.35. The van der Waals surface area contributed by atoms with Crippen molar-refractivity contribution in [1.29, 1.82) is 0 Å². The first-order chi connectivity index (χ1) is 12.2. The van der Waals surface area contributed by atoms with E-state index >= 15 is 0 Å². The molecular weight excluding hydrogens is 322 g/mol. The molecule has 25 heavy (non-hydrogen) atoms. The molecule has 1 aromatic heterocycles. The molecule has 1 aliphatic heterocycles. The second kappa shape index (κ2) is 6.35. The molecule has 0 bridgehead atoms. The van der Waals surface area contributed by atoms with Crippen molar-refractivity contribution in [1.82, 2.24) is 14.8 Å². The predicted molar refractivity (Wildman–Crippen MR) is 89.9 cm³/mol. The molecule has 0 N–H and O–H groups in total. The van der Waals surface area contributed by atoms with Gasteiger partial charge in [0.2, 0.25) is 6.79 Å². The van der Waals surface area contributed by atoms with E-state index in [9.17, 15) is 0 Å². The number of fused-ring (bicyclic) bond motifs is 1. The highest BCUT2D eigenvalue weighted by Gasteiger charge is 2.17. The normalized spacial score (nSPS) is 12.2. The maximum atomic E-state index is 5.75. The Morgan fingerprint density at radius 2 is 1.92 bits per heavy atom. The predicted octanol–water partition coefficient (Wildman–Crippen LogP) is 2.80. The van der Waals surface area contributed by atoms with Crippen LogP contribution in [0.15, 0.2) is 42.5 Å². The van der Waals surface area contributed by atoms with Crippen LogP contribution >= 0.6 is 0 Å². The largest absolute Gasteiger partial charge is 0.497 e. The fraction of sp³-hybridized carbons (Fsp3) is 0.222. The average molecular weight is 339 g/mol. The lowest BCUT2D eigenvalue weighted by Crippen LogP contribution is -1.99. The molecule has 3 aromatic rings. The van der Waals surface area contributed by atoms with E-state index in [1.165, 1.54) is 0 Å². The second-order valence-electron chi connectivity index (χ2n) is 5.51. The van der Waals surface area contributed by atoms with Gasteiger partial charge in [-0.15, -0.1) is 0 Å². The monoisotopic (exact) mass is 339 g/mol. The zero-order valence-corrected chi connectivity index (χ0v) is 13.9. The van der Waals surface area contributed by atoms with Crippen LogP contribution < -0.4 is 18.9 Å². The van der Waals surface area contributed by atoms with Crippen LogP contribution in [0.1, 0.15) is 5.82 Å². The van der Waals surface area contributed by atoms with E-state index in [2.05, 4.69) is 10.1 Å². The van der Waals surface area contributed by atoms with E-state index in [0.717, 1.165) is 28.6 Å². The lowest BCUT2D eigenvalue weighted by atomic mass is 10.2. The summed E-state index contributed by atoms with van der Waals surface area (Å²) in [6.07, 6.45) is 0. The molecule has 0 aliphatic carbocycles. The third kappa shape index (κ3) is 3.08. The maximum absolute atomic E-state index is 5.75. The Hall–Kier alpha value is -3.22. The van der Waals surface area contributed by atoms with E-state index in [0.29, 0.717) is 11.6 Å². The number of methoxy groups -OCH3 is 1. The van der Waals surface area contributed by atoms with Gasteiger partial charge in [-0.2, -0.15) is 5.10 Å². The molecule has 7 nitrogen and oxygen atoms in total. The summed E-state index contributed by atoms with van der Waals surface area (Å²) < 4.78 is 23.4. The summed E-state index contributed by atoms with van der Waals surface area (Å²) in [7, 11) is 3.47. The molecule has 0 saturated carbocycles. The smallest absolute Gasteiger partial charge is 0.231 e. The van der Waals surface area contributed by atoms with Crippen molar-refractivity contribution in [2.45, 2.75) is 6.61 Å². The summed E-state index contributed by atoms with van der Waals surface area (Å²) in [5, 5.41) is 4.42. The standard InChI is InChI=1S/C18H17N3O4/c1-21-18(12-6-7-15-16(8-12)25-11-24-15)19-17(20-21)10-23-14-5-3-4-13(9-14)22-2/h3-9H,10-11H2,1-2H3. The minimum atomic E-state index is 0.247. The second-order valence-corrected chi connectivity index (χ2v) is 5.51. The Balaban J connectivity index is 1.52. The number of nitrogens with zero attached hydrogens (tertiary/aromatic N) is 3. The number of aryl methyl sites for hydroxylation is 1. The summed E-state index contributed by atoms with van der Waals surface area (Å²) in [6, 6.07) is 13.1. The molecular formula is C18H17N3O4. The van der Waals surface area contributed by atoms with Crippen LogP contribution in [0, 0.1) is 0 Å². The van der Waals surface area contributed by atoms with Crippen LogP contribution in [0.5, 0.6) is 23.0 Å². The van der Waals surface area contributed by atoms with E-state index in [4.69, 9.17) is 18.9 Å². The molecule has 2 aromatic carbocycles. The Morgan fingerprint density at radius 3 is 2.80 bits per heavy atom. The van der Waals surface area contributed by atoms with Gasteiger partial charge in [0.05, 0.1) is 7.11 Å². The van der Waals surface area contributed by atoms with Gasteiger partial charge in [0.25, 0.3) is 0 Å². The first kappa shape index (κ1) is 15.3. The minimum absolute atomic E-state index is 0.247. The van der Waals surface area contributed by atoms with Gasteiger partial charge in [0.1, 0.15) is 18.1 Å². The number of rotatable bonds is 5. The number of benzene rings is 2. The molecule has 7 heteroatoms. The van der Waals surface area contributed by atoms with Gasteiger partial charge in [0, 0.05) is 18.7 Å². The fourth-order valence-corrected chi connectivity index (χ4v) is 2.62. The van der Waals surface area contributed by atoms with E-state index in [-0.39, 0.29) is 13.4 Å². The zero-order valence-electron chi connectivity index (χ0n) is 13.9. The fourth-order valence-electron chi connectivity index (χ4n) is 2.62. The lowest BCUT2D eigenvalue weighted by molar-refractivity contribution is 0.174. The summed E-state index contributed by atoms with van der Waals surface area (Å²) >= 11 is 0. The lowest BCUT2D eigenvalue weighted by Gasteiger charge is -2.05. The molecule has 0 saturated heterocycles. The maximum Gasteiger partial charge on any atom is 0.231 e. The van der Waals surface area contributed by atoms with Crippen molar-refractivity contribution in [2.75, 3.05) is 13.9 Å². The Morgan fingerprint density at radius 1 is 1.08 bits per heavy atom. The molecule has 1 aliphatic rings. The molecule has 0 fully saturated rings. The first-order valence-electron chi connectivity index (χ1n) is 7.80. The Bertz CT molecular complexity index is 907. The van der Waals surface area contributed by atoms with E-state index in [1.54, 1.807) is 11.8 Å². The van der Waals surface area contributed by atoms with Crippen molar-refractivity contribution >= 4 is 0 Å². The molecule has 128 valence electrons. The zero-order chi connectivity index (χ0) is 17.2. The van der Waals surface area contributed by atoms with Crippen molar-refractivity contribution in [3.05, 3.63) is 48.3 Å². The van der Waals surface area contributed by atoms with Crippen LogP contribution in [-0.4, -0.2) is 28.7 Å². The van der Waals surface area contributed by atoms with Crippen molar-refractivity contribution in [3.8, 4) is 34.4 Å². The summed E-state index contributed by atoms with van der Waals surface area (Å²) in [4.78, 5) is 4.56. The molecule has 0 spiro atoms. The Kier molecular flexibility index (Phi) is 3.89. The van der Waals surface area contributed by atoms with Crippen molar-refractivity contribution in [2.24, 2.45) is 7.05 Å². The van der Waals surface area contributed by atoms with Crippen LogP contribution in [-0.2, 0) is 13.7 Å². The van der Waals surface area contributed by atoms with Gasteiger partial charge in [-0.3, -0.25) is 0 Å². The van der Waals surface area contributed by atoms with Gasteiger partial charge in [-0.05, 0) is 30.3 Å². The van der Waals surface area contributed by atoms with E-state index < -0.39 is 0 Å².